The van der Waals surface area contributed by atoms with Gasteiger partial charge in [0.25, 0.3) is 0 Å². The number of aromatic nitrogens is 2. The number of fused-ring (bicyclic) bond motifs is 3. The lowest BCUT2D eigenvalue weighted by atomic mass is 9.87. The Morgan fingerprint density at radius 3 is 2.28 bits per heavy atom. The monoisotopic (exact) mass is 330 g/mol. The van der Waals surface area contributed by atoms with Gasteiger partial charge >= 0.3 is 0 Å². The van der Waals surface area contributed by atoms with Crippen molar-refractivity contribution in [2.24, 2.45) is 0 Å². The van der Waals surface area contributed by atoms with E-state index in [1.165, 1.54) is 11.1 Å². The van der Waals surface area contributed by atoms with Crippen molar-refractivity contribution >= 4 is 11.6 Å². The van der Waals surface area contributed by atoms with Gasteiger partial charge < -0.3 is 0 Å². The molecule has 4 nitrogen and oxygen atoms in total. The maximum Gasteiger partial charge on any atom is 0.237 e. The lowest BCUT2D eigenvalue weighted by molar-refractivity contribution is 0.0815. The summed E-state index contributed by atoms with van der Waals surface area (Å²) in [6.45, 7) is 4.60. The van der Waals surface area contributed by atoms with Crippen molar-refractivity contribution in [1.82, 2.24) is 9.78 Å². The third-order valence-electron chi connectivity index (χ3n) is 4.80. The van der Waals surface area contributed by atoms with Crippen LogP contribution >= 0.6 is 0 Å². The zero-order valence-corrected chi connectivity index (χ0v) is 14.2. The first-order valence-corrected chi connectivity index (χ1v) is 8.37. The van der Waals surface area contributed by atoms with E-state index in [4.69, 9.17) is 0 Å². The van der Waals surface area contributed by atoms with Crippen molar-refractivity contribution in [1.29, 1.82) is 0 Å². The molecule has 0 atom stereocenters. The van der Waals surface area contributed by atoms with Gasteiger partial charge in [-0.05, 0) is 25.8 Å². The molecule has 0 aliphatic heterocycles. The van der Waals surface area contributed by atoms with E-state index < -0.39 is 11.6 Å². The zero-order valence-electron chi connectivity index (χ0n) is 14.2. The van der Waals surface area contributed by atoms with Crippen LogP contribution in [0.25, 0.3) is 11.3 Å². The Balaban J connectivity index is 1.71. The number of ketones is 2. The Labute approximate surface area is 146 Å². The SMILES string of the molecule is Cc1ccc(CCn2nc3c(c2C)C(=O)C(=O)c2ccccc2-3)cc1. The highest BCUT2D eigenvalue weighted by molar-refractivity contribution is 6.53. The predicted molar refractivity (Wildman–Crippen MR) is 95.9 cm³/mol. The number of nitrogens with zero attached hydrogens (tertiary/aromatic N) is 2. The van der Waals surface area contributed by atoms with Crippen LogP contribution in [0, 0.1) is 13.8 Å². The largest absolute Gasteiger partial charge is 0.285 e. The second-order valence-corrected chi connectivity index (χ2v) is 6.47. The molecule has 0 saturated carbocycles. The van der Waals surface area contributed by atoms with E-state index in [1.807, 2.05) is 23.7 Å². The van der Waals surface area contributed by atoms with Crippen molar-refractivity contribution in [3.63, 3.8) is 0 Å². The minimum atomic E-state index is -0.451. The molecule has 0 bridgehead atoms. The number of benzene rings is 2. The first kappa shape index (κ1) is 15.5. The summed E-state index contributed by atoms with van der Waals surface area (Å²) in [5.74, 6) is -0.892. The highest BCUT2D eigenvalue weighted by Gasteiger charge is 2.34. The van der Waals surface area contributed by atoms with Gasteiger partial charge in [0.2, 0.25) is 11.6 Å². The van der Waals surface area contributed by atoms with Gasteiger partial charge in [0.05, 0.1) is 5.56 Å². The van der Waals surface area contributed by atoms with Gasteiger partial charge in [-0.2, -0.15) is 5.10 Å². The lowest BCUT2D eigenvalue weighted by Gasteiger charge is -2.12. The molecule has 0 N–H and O–H groups in total. The molecule has 0 amide bonds. The predicted octanol–water partition coefficient (Wildman–Crippen LogP) is 3.79. The van der Waals surface area contributed by atoms with Crippen LogP contribution in [0.5, 0.6) is 0 Å². The number of hydrogen-bond donors (Lipinski definition) is 0. The summed E-state index contributed by atoms with van der Waals surface area (Å²) in [6, 6.07) is 15.6. The fourth-order valence-corrected chi connectivity index (χ4v) is 3.34. The quantitative estimate of drug-likeness (QED) is 0.687. The third-order valence-corrected chi connectivity index (χ3v) is 4.80. The maximum atomic E-state index is 12.5. The molecule has 3 aromatic rings. The highest BCUT2D eigenvalue weighted by Crippen LogP contribution is 2.34. The Morgan fingerprint density at radius 1 is 0.880 bits per heavy atom. The number of aryl methyl sites for hydroxylation is 3. The number of carbonyl (C=O) groups is 2. The highest BCUT2D eigenvalue weighted by atomic mass is 16.2. The standard InChI is InChI=1S/C21H18N2O2/c1-13-7-9-15(10-8-13)11-12-23-14(2)18-19(22-23)16-5-3-4-6-17(16)20(24)21(18)25/h3-10H,11-12H2,1-2H3. The van der Waals surface area contributed by atoms with Gasteiger partial charge in [0.1, 0.15) is 5.69 Å². The normalized spacial score (nSPS) is 12.9. The number of hydrogen-bond acceptors (Lipinski definition) is 3. The van der Waals surface area contributed by atoms with Crippen LogP contribution < -0.4 is 0 Å². The van der Waals surface area contributed by atoms with E-state index >= 15 is 0 Å². The number of Topliss-reactive ketones (excluding diaryl/α,β-unsaturated/α-hetero) is 2. The summed E-state index contributed by atoms with van der Waals surface area (Å²) in [5, 5.41) is 4.65. The molecule has 2 aromatic carbocycles. The van der Waals surface area contributed by atoms with Gasteiger partial charge in [-0.15, -0.1) is 0 Å². The first-order valence-electron chi connectivity index (χ1n) is 8.37. The van der Waals surface area contributed by atoms with E-state index in [-0.39, 0.29) is 0 Å². The molecule has 4 rings (SSSR count). The van der Waals surface area contributed by atoms with Gasteiger partial charge in [0, 0.05) is 23.4 Å². The van der Waals surface area contributed by atoms with E-state index in [1.54, 1.807) is 12.1 Å². The van der Waals surface area contributed by atoms with Crippen LogP contribution in [-0.4, -0.2) is 21.3 Å². The Morgan fingerprint density at radius 2 is 1.56 bits per heavy atom. The second kappa shape index (κ2) is 5.81. The molecule has 25 heavy (non-hydrogen) atoms. The third kappa shape index (κ3) is 2.50. The van der Waals surface area contributed by atoms with Crippen molar-refractivity contribution in [2.75, 3.05) is 0 Å². The Kier molecular flexibility index (Phi) is 3.61. The lowest BCUT2D eigenvalue weighted by Crippen LogP contribution is -2.21. The summed E-state index contributed by atoms with van der Waals surface area (Å²) < 4.78 is 1.85. The molecule has 0 radical (unpaired) electrons. The van der Waals surface area contributed by atoms with Gasteiger partial charge in [-0.1, -0.05) is 54.1 Å². The summed E-state index contributed by atoms with van der Waals surface area (Å²) in [7, 11) is 0. The van der Waals surface area contributed by atoms with Crippen LogP contribution in [0.15, 0.2) is 48.5 Å². The van der Waals surface area contributed by atoms with Crippen molar-refractivity contribution < 1.29 is 9.59 Å². The Hall–Kier alpha value is -3.01. The second-order valence-electron chi connectivity index (χ2n) is 6.47. The topological polar surface area (TPSA) is 52.0 Å². The fourth-order valence-electron chi connectivity index (χ4n) is 3.34. The molecule has 0 unspecified atom stereocenters. The molecule has 4 heteroatoms. The molecule has 1 heterocycles. The number of carbonyl (C=O) groups excluding carboxylic acids is 2. The Bertz CT molecular complexity index is 997. The smallest absolute Gasteiger partial charge is 0.237 e. The summed E-state index contributed by atoms with van der Waals surface area (Å²) in [5.41, 5.74) is 5.49. The fraction of sp³-hybridized carbons (Fsp3) is 0.190. The molecule has 1 aliphatic rings. The molecule has 0 spiro atoms. The molecule has 124 valence electrons. The van der Waals surface area contributed by atoms with E-state index in [0.717, 1.165) is 17.7 Å². The van der Waals surface area contributed by atoms with E-state index in [2.05, 4.69) is 36.3 Å². The van der Waals surface area contributed by atoms with Gasteiger partial charge in [-0.25, -0.2) is 0 Å². The van der Waals surface area contributed by atoms with Crippen molar-refractivity contribution in [2.45, 2.75) is 26.8 Å². The molecular formula is C21H18N2O2. The van der Waals surface area contributed by atoms with Crippen LogP contribution in [-0.2, 0) is 13.0 Å². The molecule has 1 aliphatic carbocycles. The minimum absolute atomic E-state index is 0.440. The van der Waals surface area contributed by atoms with Crippen LogP contribution in [0.2, 0.25) is 0 Å². The summed E-state index contributed by atoms with van der Waals surface area (Å²) >= 11 is 0. The van der Waals surface area contributed by atoms with E-state index in [0.29, 0.717) is 23.4 Å². The summed E-state index contributed by atoms with van der Waals surface area (Å²) in [4.78, 5) is 24.9. The van der Waals surface area contributed by atoms with Crippen molar-refractivity contribution in [3.05, 3.63) is 76.5 Å². The van der Waals surface area contributed by atoms with E-state index in [9.17, 15) is 9.59 Å². The van der Waals surface area contributed by atoms with Crippen LogP contribution in [0.1, 0.15) is 37.5 Å². The first-order chi connectivity index (χ1) is 12.1. The van der Waals surface area contributed by atoms with Crippen LogP contribution in [0.4, 0.5) is 0 Å². The molecule has 1 aromatic heterocycles. The zero-order chi connectivity index (χ0) is 17.6. The number of rotatable bonds is 3. The van der Waals surface area contributed by atoms with Crippen LogP contribution in [0.3, 0.4) is 0 Å². The summed E-state index contributed by atoms with van der Waals surface area (Å²) in [6.07, 6.45) is 0.825. The average Bonchev–Trinajstić information content (AvgIpc) is 2.96. The van der Waals surface area contributed by atoms with Gasteiger partial charge in [0.15, 0.2) is 0 Å². The average molecular weight is 330 g/mol. The maximum absolute atomic E-state index is 12.5. The minimum Gasteiger partial charge on any atom is -0.285 e. The van der Waals surface area contributed by atoms with Crippen molar-refractivity contribution in [3.8, 4) is 11.3 Å². The molecule has 0 fully saturated rings. The van der Waals surface area contributed by atoms with Gasteiger partial charge in [-0.3, -0.25) is 14.3 Å². The molecule has 0 saturated heterocycles. The molecular weight excluding hydrogens is 312 g/mol.